The van der Waals surface area contributed by atoms with Gasteiger partial charge in [-0.25, -0.2) is 0 Å². The summed E-state index contributed by atoms with van der Waals surface area (Å²) in [5.41, 5.74) is 2.41. The molecule has 1 aromatic rings. The highest BCUT2D eigenvalue weighted by atomic mass is 35.5. The molecule has 1 fully saturated rings. The quantitative estimate of drug-likeness (QED) is 0.903. The summed E-state index contributed by atoms with van der Waals surface area (Å²) in [6, 6.07) is 1.88. The van der Waals surface area contributed by atoms with Crippen molar-refractivity contribution in [1.29, 1.82) is 0 Å². The fraction of sp³-hybridized carbons (Fsp3) is 0.625. The molecule has 1 aliphatic heterocycles. The summed E-state index contributed by atoms with van der Waals surface area (Å²) in [4.78, 5) is 0. The molecule has 1 aliphatic rings. The van der Waals surface area contributed by atoms with Gasteiger partial charge in [-0.2, -0.15) is 0 Å². The molecule has 0 aliphatic carbocycles. The highest BCUT2D eigenvalue weighted by molar-refractivity contribution is 6.31. The number of benzene rings is 1. The third-order valence-corrected chi connectivity index (χ3v) is 4.41. The Hall–Kier alpha value is -0.930. The summed E-state index contributed by atoms with van der Waals surface area (Å²) in [5.74, 6) is 2.21. The van der Waals surface area contributed by atoms with Crippen molar-refractivity contribution >= 4 is 11.6 Å². The summed E-state index contributed by atoms with van der Waals surface area (Å²) in [6.45, 7) is 4.35. The molecule has 0 amide bonds. The van der Waals surface area contributed by atoms with E-state index < -0.39 is 0 Å². The molecule has 0 spiro atoms. The minimum absolute atomic E-state index is 0.657. The Bertz CT molecular complexity index is 456. The highest BCUT2D eigenvalue weighted by Crippen LogP contribution is 2.39. The van der Waals surface area contributed by atoms with Gasteiger partial charge in [0.05, 0.1) is 14.2 Å². The normalized spacial score (nSPS) is 18.9. The first kappa shape index (κ1) is 15.5. The molecule has 112 valence electrons. The van der Waals surface area contributed by atoms with Gasteiger partial charge in [0, 0.05) is 16.7 Å². The first-order valence-corrected chi connectivity index (χ1v) is 7.72. The smallest absolute Gasteiger partial charge is 0.164 e. The van der Waals surface area contributed by atoms with Gasteiger partial charge < -0.3 is 14.8 Å². The van der Waals surface area contributed by atoms with Crippen molar-refractivity contribution in [2.24, 2.45) is 5.92 Å². The molecule has 20 heavy (non-hydrogen) atoms. The molecular weight excluding hydrogens is 274 g/mol. The number of hydrogen-bond acceptors (Lipinski definition) is 3. The predicted octanol–water partition coefficient (Wildman–Crippen LogP) is 3.46. The van der Waals surface area contributed by atoms with Crippen LogP contribution in [0.1, 0.15) is 30.9 Å². The zero-order valence-corrected chi connectivity index (χ0v) is 13.3. The van der Waals surface area contributed by atoms with E-state index in [1.54, 1.807) is 14.2 Å². The van der Waals surface area contributed by atoms with Crippen molar-refractivity contribution in [3.63, 3.8) is 0 Å². The maximum atomic E-state index is 6.48. The van der Waals surface area contributed by atoms with E-state index in [2.05, 4.69) is 12.2 Å². The van der Waals surface area contributed by atoms with Crippen LogP contribution in [-0.2, 0) is 12.8 Å². The zero-order chi connectivity index (χ0) is 14.5. The Morgan fingerprint density at radius 2 is 2.10 bits per heavy atom. The van der Waals surface area contributed by atoms with E-state index in [1.165, 1.54) is 24.0 Å². The van der Waals surface area contributed by atoms with Crippen LogP contribution in [0.15, 0.2) is 6.07 Å². The fourth-order valence-corrected chi connectivity index (χ4v) is 3.34. The lowest BCUT2D eigenvalue weighted by molar-refractivity contribution is 0.348. The first-order valence-electron chi connectivity index (χ1n) is 7.34. The number of halogens is 1. The molecule has 0 bridgehead atoms. The fourth-order valence-electron chi connectivity index (χ4n) is 3.05. The van der Waals surface area contributed by atoms with E-state index in [4.69, 9.17) is 21.1 Å². The van der Waals surface area contributed by atoms with Gasteiger partial charge in [-0.15, -0.1) is 0 Å². The Labute approximate surface area is 126 Å². The molecule has 3 nitrogen and oxygen atoms in total. The van der Waals surface area contributed by atoms with E-state index in [0.29, 0.717) is 5.92 Å². The Morgan fingerprint density at radius 3 is 2.65 bits per heavy atom. The topological polar surface area (TPSA) is 30.5 Å². The van der Waals surface area contributed by atoms with Gasteiger partial charge in [0.15, 0.2) is 11.5 Å². The Kier molecular flexibility index (Phi) is 5.55. The van der Waals surface area contributed by atoms with Crippen LogP contribution in [0.5, 0.6) is 11.5 Å². The maximum absolute atomic E-state index is 6.48. The molecule has 4 heteroatoms. The lowest BCUT2D eigenvalue weighted by atomic mass is 9.89. The van der Waals surface area contributed by atoms with Crippen LogP contribution in [0.25, 0.3) is 0 Å². The summed E-state index contributed by atoms with van der Waals surface area (Å²) in [7, 11) is 3.34. The summed E-state index contributed by atoms with van der Waals surface area (Å²) in [5, 5.41) is 4.26. The van der Waals surface area contributed by atoms with Crippen molar-refractivity contribution in [2.75, 3.05) is 27.3 Å². The molecule has 1 atom stereocenters. The van der Waals surface area contributed by atoms with Crippen LogP contribution < -0.4 is 14.8 Å². The molecule has 0 radical (unpaired) electrons. The van der Waals surface area contributed by atoms with Gasteiger partial charge in [0.2, 0.25) is 0 Å². The van der Waals surface area contributed by atoms with Gasteiger partial charge >= 0.3 is 0 Å². The standard InChI is InChI=1S/C16H24ClNO2/c1-4-12-13(8-11-6-5-7-18-10-11)14(17)9-15(19-2)16(12)20-3/h9,11,18H,4-8,10H2,1-3H3. The molecule has 1 aromatic carbocycles. The second-order valence-electron chi connectivity index (χ2n) is 5.32. The van der Waals surface area contributed by atoms with Gasteiger partial charge in [-0.05, 0) is 50.3 Å². The third-order valence-electron chi connectivity index (χ3n) is 4.08. The SMILES string of the molecule is CCc1c(CC2CCCNC2)c(Cl)cc(OC)c1OC. The number of nitrogens with one attached hydrogen (secondary N) is 1. The number of ether oxygens (including phenoxy) is 2. The predicted molar refractivity (Wildman–Crippen MR) is 83.2 cm³/mol. The van der Waals surface area contributed by atoms with E-state index in [1.807, 2.05) is 6.07 Å². The third kappa shape index (κ3) is 3.21. The van der Waals surface area contributed by atoms with Crippen molar-refractivity contribution in [2.45, 2.75) is 32.6 Å². The number of piperidine rings is 1. The van der Waals surface area contributed by atoms with Gasteiger partial charge in [-0.1, -0.05) is 18.5 Å². The van der Waals surface area contributed by atoms with Gasteiger partial charge in [0.1, 0.15) is 0 Å². The van der Waals surface area contributed by atoms with Crippen molar-refractivity contribution in [3.8, 4) is 11.5 Å². The first-order chi connectivity index (χ1) is 9.71. The second kappa shape index (κ2) is 7.19. The second-order valence-corrected chi connectivity index (χ2v) is 5.73. The van der Waals surface area contributed by atoms with E-state index in [-0.39, 0.29) is 0 Å². The largest absolute Gasteiger partial charge is 0.493 e. The highest BCUT2D eigenvalue weighted by Gasteiger charge is 2.21. The number of hydrogen-bond donors (Lipinski definition) is 1. The number of rotatable bonds is 5. The Morgan fingerprint density at radius 1 is 1.30 bits per heavy atom. The zero-order valence-electron chi connectivity index (χ0n) is 12.6. The Balaban J connectivity index is 2.35. The molecule has 1 heterocycles. The van der Waals surface area contributed by atoms with Crippen LogP contribution in [0.4, 0.5) is 0 Å². The molecule has 0 saturated carbocycles. The van der Waals surface area contributed by atoms with Crippen molar-refractivity contribution in [1.82, 2.24) is 5.32 Å². The van der Waals surface area contributed by atoms with Crippen LogP contribution in [0, 0.1) is 5.92 Å². The molecule has 1 unspecified atom stereocenters. The lowest BCUT2D eigenvalue weighted by Gasteiger charge is -2.25. The monoisotopic (exact) mass is 297 g/mol. The van der Waals surface area contributed by atoms with Gasteiger partial charge in [-0.3, -0.25) is 0 Å². The average Bonchev–Trinajstić information content (AvgIpc) is 2.49. The summed E-state index contributed by atoms with van der Waals surface area (Å²) in [6.07, 6.45) is 4.42. The lowest BCUT2D eigenvalue weighted by Crippen LogP contribution is -2.31. The minimum Gasteiger partial charge on any atom is -0.493 e. The molecule has 1 N–H and O–H groups in total. The van der Waals surface area contributed by atoms with E-state index in [9.17, 15) is 0 Å². The average molecular weight is 298 g/mol. The van der Waals surface area contributed by atoms with Crippen LogP contribution in [0.2, 0.25) is 5.02 Å². The van der Waals surface area contributed by atoms with E-state index >= 15 is 0 Å². The maximum Gasteiger partial charge on any atom is 0.164 e. The minimum atomic E-state index is 0.657. The van der Waals surface area contributed by atoms with Gasteiger partial charge in [0.25, 0.3) is 0 Å². The summed E-state index contributed by atoms with van der Waals surface area (Å²) < 4.78 is 10.9. The van der Waals surface area contributed by atoms with E-state index in [0.717, 1.165) is 42.5 Å². The van der Waals surface area contributed by atoms with Crippen LogP contribution in [0.3, 0.4) is 0 Å². The number of methoxy groups -OCH3 is 2. The van der Waals surface area contributed by atoms with Crippen molar-refractivity contribution < 1.29 is 9.47 Å². The molecule has 1 saturated heterocycles. The summed E-state index contributed by atoms with van der Waals surface area (Å²) >= 11 is 6.48. The van der Waals surface area contributed by atoms with Crippen molar-refractivity contribution in [3.05, 3.63) is 22.2 Å². The molecule has 0 aromatic heterocycles. The molecule has 2 rings (SSSR count). The van der Waals surface area contributed by atoms with Crippen LogP contribution in [-0.4, -0.2) is 27.3 Å². The molecular formula is C16H24ClNO2. The van der Waals surface area contributed by atoms with Crippen LogP contribution >= 0.6 is 11.6 Å².